The van der Waals surface area contributed by atoms with Crippen LogP contribution in [0, 0.1) is 0 Å². The lowest BCUT2D eigenvalue weighted by Crippen LogP contribution is -2.41. The van der Waals surface area contributed by atoms with Crippen LogP contribution in [0.5, 0.6) is 0 Å². The quantitative estimate of drug-likeness (QED) is 0.784. The zero-order chi connectivity index (χ0) is 10.7. The Labute approximate surface area is 91.3 Å². The van der Waals surface area contributed by atoms with Gasteiger partial charge in [0.05, 0.1) is 6.61 Å². The lowest BCUT2D eigenvalue weighted by atomic mass is 9.88. The van der Waals surface area contributed by atoms with Crippen LogP contribution in [0.4, 0.5) is 0 Å². The summed E-state index contributed by atoms with van der Waals surface area (Å²) in [6, 6.07) is 9.40. The second-order valence-corrected chi connectivity index (χ2v) is 4.46. The molecule has 0 amide bonds. The summed E-state index contributed by atoms with van der Waals surface area (Å²) in [7, 11) is 0. The molecule has 0 aromatic heterocycles. The van der Waals surface area contributed by atoms with E-state index in [1.807, 2.05) is 6.92 Å². The molecule has 1 aromatic rings. The zero-order valence-corrected chi connectivity index (χ0v) is 9.24. The van der Waals surface area contributed by atoms with Crippen LogP contribution < -0.4 is 5.32 Å². The van der Waals surface area contributed by atoms with Gasteiger partial charge < -0.3 is 10.4 Å². The number of hydrogen-bond acceptors (Lipinski definition) is 2. The minimum atomic E-state index is 0.209. The molecule has 15 heavy (non-hydrogen) atoms. The predicted molar refractivity (Wildman–Crippen MR) is 61.9 cm³/mol. The van der Waals surface area contributed by atoms with E-state index in [4.69, 9.17) is 5.11 Å². The second-order valence-electron chi connectivity index (χ2n) is 4.46. The van der Waals surface area contributed by atoms with E-state index in [1.54, 1.807) is 0 Å². The van der Waals surface area contributed by atoms with Crippen LogP contribution in [0.25, 0.3) is 0 Å². The van der Waals surface area contributed by atoms with Gasteiger partial charge in [0.25, 0.3) is 0 Å². The van der Waals surface area contributed by atoms with Gasteiger partial charge in [0.2, 0.25) is 0 Å². The maximum absolute atomic E-state index is 9.00. The molecular weight excluding hydrogens is 186 g/mol. The lowest BCUT2D eigenvalue weighted by molar-refractivity contribution is 0.236. The first kappa shape index (κ1) is 10.7. The molecular formula is C13H19NO. The van der Waals surface area contributed by atoms with E-state index >= 15 is 0 Å². The Balaban J connectivity index is 1.99. The van der Waals surface area contributed by atoms with E-state index in [0.29, 0.717) is 6.04 Å². The van der Waals surface area contributed by atoms with Crippen LogP contribution in [0.15, 0.2) is 24.3 Å². The van der Waals surface area contributed by atoms with E-state index < -0.39 is 0 Å². The number of rotatable bonds is 3. The van der Waals surface area contributed by atoms with E-state index in [0.717, 1.165) is 12.8 Å². The fourth-order valence-corrected chi connectivity index (χ4v) is 2.30. The van der Waals surface area contributed by atoms with Gasteiger partial charge in [-0.15, -0.1) is 0 Å². The van der Waals surface area contributed by atoms with Crippen molar-refractivity contribution in [1.29, 1.82) is 0 Å². The van der Waals surface area contributed by atoms with Gasteiger partial charge in [-0.3, -0.25) is 0 Å². The Morgan fingerprint density at radius 3 is 2.87 bits per heavy atom. The van der Waals surface area contributed by atoms with Crippen LogP contribution in [-0.2, 0) is 12.8 Å². The molecule has 0 spiro atoms. The van der Waals surface area contributed by atoms with Gasteiger partial charge in [0.15, 0.2) is 0 Å². The van der Waals surface area contributed by atoms with Gasteiger partial charge in [0, 0.05) is 12.1 Å². The first-order chi connectivity index (χ1) is 7.29. The first-order valence-electron chi connectivity index (χ1n) is 5.73. The average molecular weight is 205 g/mol. The highest BCUT2D eigenvalue weighted by atomic mass is 16.3. The summed E-state index contributed by atoms with van der Waals surface area (Å²) in [5.41, 5.74) is 2.96. The zero-order valence-electron chi connectivity index (χ0n) is 9.24. The minimum absolute atomic E-state index is 0.209. The summed E-state index contributed by atoms with van der Waals surface area (Å²) in [4.78, 5) is 0. The van der Waals surface area contributed by atoms with Crippen molar-refractivity contribution in [1.82, 2.24) is 5.32 Å². The highest BCUT2D eigenvalue weighted by Crippen LogP contribution is 2.21. The van der Waals surface area contributed by atoms with Gasteiger partial charge in [0.1, 0.15) is 0 Å². The summed E-state index contributed by atoms with van der Waals surface area (Å²) in [5, 5.41) is 12.5. The molecule has 2 nitrogen and oxygen atoms in total. The van der Waals surface area contributed by atoms with E-state index in [2.05, 4.69) is 29.6 Å². The summed E-state index contributed by atoms with van der Waals surface area (Å²) < 4.78 is 0. The van der Waals surface area contributed by atoms with E-state index in [9.17, 15) is 0 Å². The van der Waals surface area contributed by atoms with E-state index in [-0.39, 0.29) is 12.6 Å². The first-order valence-corrected chi connectivity index (χ1v) is 5.73. The summed E-state index contributed by atoms with van der Waals surface area (Å²) in [6.45, 7) is 2.25. The van der Waals surface area contributed by atoms with Crippen molar-refractivity contribution in [2.45, 2.75) is 38.3 Å². The molecule has 82 valence electrons. The molecule has 2 N–H and O–H groups in total. The Morgan fingerprint density at radius 2 is 2.13 bits per heavy atom. The second kappa shape index (κ2) is 4.77. The molecule has 2 atom stereocenters. The summed E-state index contributed by atoms with van der Waals surface area (Å²) >= 11 is 0. The smallest absolute Gasteiger partial charge is 0.0582 e. The van der Waals surface area contributed by atoms with Gasteiger partial charge in [-0.2, -0.15) is 0 Å². The van der Waals surface area contributed by atoms with Crippen molar-refractivity contribution < 1.29 is 5.11 Å². The topological polar surface area (TPSA) is 32.3 Å². The normalized spacial score (nSPS) is 22.1. The van der Waals surface area contributed by atoms with Crippen molar-refractivity contribution in [2.24, 2.45) is 0 Å². The molecule has 1 aliphatic carbocycles. The van der Waals surface area contributed by atoms with Crippen LogP contribution >= 0.6 is 0 Å². The SMILES string of the molecule is C[C@@H](CO)N[C@H]1CCc2ccccc2C1. The average Bonchev–Trinajstić information content (AvgIpc) is 2.29. The third-order valence-corrected chi connectivity index (χ3v) is 3.14. The van der Waals surface area contributed by atoms with Crippen LogP contribution in [-0.4, -0.2) is 23.8 Å². The maximum atomic E-state index is 9.00. The molecule has 0 bridgehead atoms. The minimum Gasteiger partial charge on any atom is -0.395 e. The molecule has 1 aromatic carbocycles. The van der Waals surface area contributed by atoms with Crippen molar-refractivity contribution >= 4 is 0 Å². The molecule has 1 aliphatic rings. The standard InChI is InChI=1S/C13H19NO/c1-10(9-15)14-13-7-6-11-4-2-3-5-12(11)8-13/h2-5,10,13-15H,6-9H2,1H3/t10-,13-/m0/s1. The number of nitrogens with one attached hydrogen (secondary N) is 1. The molecule has 2 rings (SSSR count). The van der Waals surface area contributed by atoms with E-state index in [1.165, 1.54) is 17.5 Å². The van der Waals surface area contributed by atoms with Gasteiger partial charge in [-0.05, 0) is 37.3 Å². The van der Waals surface area contributed by atoms with Gasteiger partial charge >= 0.3 is 0 Å². The molecule has 0 heterocycles. The van der Waals surface area contributed by atoms with Crippen LogP contribution in [0.3, 0.4) is 0 Å². The summed E-state index contributed by atoms with van der Waals surface area (Å²) in [5.74, 6) is 0. The number of benzene rings is 1. The number of fused-ring (bicyclic) bond motifs is 1. The summed E-state index contributed by atoms with van der Waals surface area (Å²) in [6.07, 6.45) is 3.44. The fraction of sp³-hybridized carbons (Fsp3) is 0.538. The number of aliphatic hydroxyl groups excluding tert-OH is 1. The number of aryl methyl sites for hydroxylation is 1. The third-order valence-electron chi connectivity index (χ3n) is 3.14. The molecule has 0 saturated carbocycles. The molecule has 0 fully saturated rings. The Morgan fingerprint density at radius 1 is 1.40 bits per heavy atom. The van der Waals surface area contributed by atoms with Gasteiger partial charge in [-0.1, -0.05) is 24.3 Å². The number of hydrogen-bond donors (Lipinski definition) is 2. The highest BCUT2D eigenvalue weighted by molar-refractivity contribution is 5.30. The fourth-order valence-electron chi connectivity index (χ4n) is 2.30. The largest absolute Gasteiger partial charge is 0.395 e. The predicted octanol–water partition coefficient (Wildman–Crippen LogP) is 1.51. The highest BCUT2D eigenvalue weighted by Gasteiger charge is 2.18. The van der Waals surface area contributed by atoms with Crippen molar-refractivity contribution in [3.05, 3.63) is 35.4 Å². The Hall–Kier alpha value is -0.860. The van der Waals surface area contributed by atoms with Crippen molar-refractivity contribution in [3.8, 4) is 0 Å². The molecule has 0 unspecified atom stereocenters. The van der Waals surface area contributed by atoms with Crippen molar-refractivity contribution in [2.75, 3.05) is 6.61 Å². The Bertz CT molecular complexity index is 324. The molecule has 0 saturated heterocycles. The van der Waals surface area contributed by atoms with Crippen LogP contribution in [0.1, 0.15) is 24.5 Å². The maximum Gasteiger partial charge on any atom is 0.0582 e. The lowest BCUT2D eigenvalue weighted by Gasteiger charge is -2.27. The van der Waals surface area contributed by atoms with Crippen LogP contribution in [0.2, 0.25) is 0 Å². The molecule has 0 aliphatic heterocycles. The molecule has 0 radical (unpaired) electrons. The van der Waals surface area contributed by atoms with Crippen molar-refractivity contribution in [3.63, 3.8) is 0 Å². The number of aliphatic hydroxyl groups is 1. The Kier molecular flexibility index (Phi) is 3.39. The van der Waals surface area contributed by atoms with Gasteiger partial charge in [-0.25, -0.2) is 0 Å². The molecule has 2 heteroatoms. The monoisotopic (exact) mass is 205 g/mol. The third kappa shape index (κ3) is 2.58.